The van der Waals surface area contributed by atoms with Crippen LogP contribution >= 0.6 is 0 Å². The Bertz CT molecular complexity index is 820. The van der Waals surface area contributed by atoms with Crippen LogP contribution in [0.3, 0.4) is 0 Å². The normalized spacial score (nSPS) is 12.5. The topological polar surface area (TPSA) is 75.3 Å². The van der Waals surface area contributed by atoms with Crippen LogP contribution in [0.25, 0.3) is 5.78 Å². The largest absolute Gasteiger partial charge is 0.387 e. The highest BCUT2D eigenvalue weighted by Gasteiger charge is 2.12. The van der Waals surface area contributed by atoms with Crippen molar-refractivity contribution in [1.82, 2.24) is 19.6 Å². The minimum atomic E-state index is -0.998. The molecule has 6 nitrogen and oxygen atoms in total. The summed E-state index contributed by atoms with van der Waals surface area (Å²) in [5.74, 6) is -0.903. The molecule has 0 fully saturated rings. The summed E-state index contributed by atoms with van der Waals surface area (Å²) in [5, 5.41) is 17.1. The van der Waals surface area contributed by atoms with Crippen LogP contribution in [-0.2, 0) is 0 Å². The van der Waals surface area contributed by atoms with E-state index in [0.29, 0.717) is 11.6 Å². The fourth-order valence-corrected chi connectivity index (χ4v) is 2.10. The number of aliphatic hydroxyl groups is 1. The van der Waals surface area contributed by atoms with E-state index < -0.39 is 17.7 Å². The molecule has 1 aromatic carbocycles. The molecule has 3 aromatic rings. The molecular formula is C14H13F2N5O. The zero-order valence-electron chi connectivity index (χ0n) is 11.7. The molecule has 0 saturated carbocycles. The Hall–Kier alpha value is -2.61. The van der Waals surface area contributed by atoms with Gasteiger partial charge in [0.05, 0.1) is 6.10 Å². The molecular weight excluding hydrogens is 292 g/mol. The Morgan fingerprint density at radius 2 is 2.09 bits per heavy atom. The molecule has 1 atom stereocenters. The van der Waals surface area contributed by atoms with Crippen molar-refractivity contribution in [2.45, 2.75) is 13.0 Å². The predicted octanol–water partition coefficient (Wildman–Crippen LogP) is 1.86. The van der Waals surface area contributed by atoms with E-state index >= 15 is 0 Å². The lowest BCUT2D eigenvalue weighted by molar-refractivity contribution is 0.190. The van der Waals surface area contributed by atoms with Gasteiger partial charge in [-0.15, -0.1) is 0 Å². The fourth-order valence-electron chi connectivity index (χ4n) is 2.10. The van der Waals surface area contributed by atoms with Gasteiger partial charge in [0, 0.05) is 18.3 Å². The van der Waals surface area contributed by atoms with Crippen LogP contribution in [0.5, 0.6) is 0 Å². The average molecular weight is 305 g/mol. The number of rotatable bonds is 4. The number of aromatic nitrogens is 4. The van der Waals surface area contributed by atoms with E-state index in [0.717, 1.165) is 17.8 Å². The molecule has 0 bridgehead atoms. The van der Waals surface area contributed by atoms with Crippen LogP contribution in [0.4, 0.5) is 14.6 Å². The number of nitrogens with one attached hydrogen (secondary N) is 1. The van der Waals surface area contributed by atoms with Crippen LogP contribution in [0.2, 0.25) is 0 Å². The number of hydrogen-bond donors (Lipinski definition) is 2. The molecule has 0 saturated heterocycles. The summed E-state index contributed by atoms with van der Waals surface area (Å²) in [6.45, 7) is 1.91. The van der Waals surface area contributed by atoms with E-state index in [9.17, 15) is 13.9 Å². The van der Waals surface area contributed by atoms with Crippen molar-refractivity contribution in [3.05, 3.63) is 53.5 Å². The van der Waals surface area contributed by atoms with Crippen LogP contribution in [0.15, 0.2) is 30.6 Å². The lowest BCUT2D eigenvalue weighted by Crippen LogP contribution is -2.15. The van der Waals surface area contributed by atoms with Crippen molar-refractivity contribution in [3.63, 3.8) is 0 Å². The SMILES string of the molecule is Cc1cc(NC[C@H](O)c2ccc(F)c(F)c2)n2ncnc2n1. The maximum absolute atomic E-state index is 13.2. The van der Waals surface area contributed by atoms with Gasteiger partial charge in [0.25, 0.3) is 5.78 Å². The molecule has 0 spiro atoms. The highest BCUT2D eigenvalue weighted by molar-refractivity contribution is 5.44. The van der Waals surface area contributed by atoms with Crippen molar-refractivity contribution in [2.24, 2.45) is 0 Å². The van der Waals surface area contributed by atoms with Gasteiger partial charge < -0.3 is 10.4 Å². The molecule has 3 rings (SSSR count). The number of benzene rings is 1. The van der Waals surface area contributed by atoms with Gasteiger partial charge in [-0.25, -0.2) is 13.8 Å². The Morgan fingerprint density at radius 3 is 2.86 bits per heavy atom. The Kier molecular flexibility index (Phi) is 3.68. The van der Waals surface area contributed by atoms with Gasteiger partial charge in [0.2, 0.25) is 0 Å². The molecule has 0 amide bonds. The van der Waals surface area contributed by atoms with Crippen molar-refractivity contribution in [3.8, 4) is 0 Å². The summed E-state index contributed by atoms with van der Waals surface area (Å²) in [7, 11) is 0. The van der Waals surface area contributed by atoms with Gasteiger partial charge in [-0.3, -0.25) is 0 Å². The van der Waals surface area contributed by atoms with Gasteiger partial charge in [-0.1, -0.05) is 6.07 Å². The van der Waals surface area contributed by atoms with Gasteiger partial charge in [-0.2, -0.15) is 14.6 Å². The van der Waals surface area contributed by atoms with Crippen molar-refractivity contribution >= 4 is 11.6 Å². The first-order valence-electron chi connectivity index (χ1n) is 6.59. The molecule has 0 unspecified atom stereocenters. The van der Waals surface area contributed by atoms with Gasteiger partial charge >= 0.3 is 0 Å². The summed E-state index contributed by atoms with van der Waals surface area (Å²) in [6, 6.07) is 5.05. The maximum atomic E-state index is 13.2. The lowest BCUT2D eigenvalue weighted by Gasteiger charge is -2.14. The Labute approximate surface area is 124 Å². The molecule has 114 valence electrons. The minimum Gasteiger partial charge on any atom is -0.387 e. The first-order chi connectivity index (χ1) is 10.5. The van der Waals surface area contributed by atoms with E-state index in [4.69, 9.17) is 0 Å². The first-order valence-corrected chi connectivity index (χ1v) is 6.59. The minimum absolute atomic E-state index is 0.101. The number of aryl methyl sites for hydroxylation is 1. The lowest BCUT2D eigenvalue weighted by atomic mass is 10.1. The van der Waals surface area contributed by atoms with Crippen LogP contribution in [-0.4, -0.2) is 31.2 Å². The number of fused-ring (bicyclic) bond motifs is 1. The quantitative estimate of drug-likeness (QED) is 0.769. The monoisotopic (exact) mass is 305 g/mol. The molecule has 8 heteroatoms. The van der Waals surface area contributed by atoms with Crippen molar-refractivity contribution in [1.29, 1.82) is 0 Å². The highest BCUT2D eigenvalue weighted by Crippen LogP contribution is 2.18. The van der Waals surface area contributed by atoms with Gasteiger partial charge in [0.15, 0.2) is 11.6 Å². The Morgan fingerprint density at radius 1 is 1.27 bits per heavy atom. The average Bonchev–Trinajstić information content (AvgIpc) is 2.95. The smallest absolute Gasteiger partial charge is 0.254 e. The zero-order valence-corrected chi connectivity index (χ0v) is 11.7. The molecule has 2 heterocycles. The third-order valence-corrected chi connectivity index (χ3v) is 3.18. The fraction of sp³-hybridized carbons (Fsp3) is 0.214. The summed E-state index contributed by atoms with van der Waals surface area (Å²) in [5.41, 5.74) is 1.03. The second kappa shape index (κ2) is 5.64. The second-order valence-electron chi connectivity index (χ2n) is 4.82. The standard InChI is InChI=1S/C14H13F2N5O/c1-8-4-13(21-14(20-8)18-7-19-21)17-6-12(22)9-2-3-10(15)11(16)5-9/h2-5,7,12,17,22H,6H2,1H3/t12-/m0/s1. The summed E-state index contributed by atoms with van der Waals surface area (Å²) in [4.78, 5) is 8.19. The second-order valence-corrected chi connectivity index (χ2v) is 4.82. The zero-order chi connectivity index (χ0) is 15.7. The molecule has 0 aliphatic rings. The third kappa shape index (κ3) is 2.73. The third-order valence-electron chi connectivity index (χ3n) is 3.18. The summed E-state index contributed by atoms with van der Waals surface area (Å²) < 4.78 is 27.6. The molecule has 0 aliphatic heterocycles. The summed E-state index contributed by atoms with van der Waals surface area (Å²) in [6.07, 6.45) is 0.376. The van der Waals surface area contributed by atoms with Crippen molar-refractivity contribution in [2.75, 3.05) is 11.9 Å². The molecule has 0 aliphatic carbocycles. The molecule has 22 heavy (non-hydrogen) atoms. The Balaban J connectivity index is 1.78. The van der Waals surface area contributed by atoms with Crippen molar-refractivity contribution < 1.29 is 13.9 Å². The first kappa shape index (κ1) is 14.3. The van der Waals surface area contributed by atoms with Crippen LogP contribution in [0.1, 0.15) is 17.4 Å². The van der Waals surface area contributed by atoms with E-state index in [1.807, 2.05) is 6.92 Å². The maximum Gasteiger partial charge on any atom is 0.254 e. The highest BCUT2D eigenvalue weighted by atomic mass is 19.2. The van der Waals surface area contributed by atoms with E-state index in [-0.39, 0.29) is 12.1 Å². The molecule has 2 aromatic heterocycles. The van der Waals surface area contributed by atoms with Gasteiger partial charge in [0.1, 0.15) is 12.1 Å². The van der Waals surface area contributed by atoms with E-state index in [1.165, 1.54) is 16.9 Å². The van der Waals surface area contributed by atoms with Crippen LogP contribution in [0, 0.1) is 18.6 Å². The number of anilines is 1. The number of hydrogen-bond acceptors (Lipinski definition) is 5. The molecule has 0 radical (unpaired) electrons. The summed E-state index contributed by atoms with van der Waals surface area (Å²) >= 11 is 0. The van der Waals surface area contributed by atoms with E-state index in [2.05, 4.69) is 20.4 Å². The molecule has 2 N–H and O–H groups in total. The number of aliphatic hydroxyl groups excluding tert-OH is 1. The predicted molar refractivity (Wildman–Crippen MR) is 75.3 cm³/mol. The van der Waals surface area contributed by atoms with Crippen LogP contribution < -0.4 is 5.32 Å². The number of nitrogens with zero attached hydrogens (tertiary/aromatic N) is 4. The van der Waals surface area contributed by atoms with Gasteiger partial charge in [-0.05, 0) is 24.6 Å². The number of halogens is 2. The van der Waals surface area contributed by atoms with E-state index in [1.54, 1.807) is 6.07 Å².